The van der Waals surface area contributed by atoms with Gasteiger partial charge in [-0.15, -0.1) is 0 Å². The third-order valence-corrected chi connectivity index (χ3v) is 17.2. The predicted octanol–water partition coefficient (Wildman–Crippen LogP) is 5.71. The lowest BCUT2D eigenvalue weighted by molar-refractivity contribution is -0.178. The van der Waals surface area contributed by atoms with Crippen LogP contribution in [0.4, 0.5) is 43.4 Å². The highest BCUT2D eigenvalue weighted by molar-refractivity contribution is 14.1. The molecule has 1 aromatic heterocycles. The maximum Gasteiger partial charge on any atom is 0.439 e. The highest BCUT2D eigenvalue weighted by Gasteiger charge is 2.44. The molecule has 578 valence electrons. The van der Waals surface area contributed by atoms with Gasteiger partial charge in [0.1, 0.15) is 11.2 Å². The molecule has 0 radical (unpaired) electrons. The first-order chi connectivity index (χ1) is 49.6. The minimum Gasteiger partial charge on any atom is -0.479 e. The fourth-order valence-electron chi connectivity index (χ4n) is 10.9. The number of nitrogen functional groups attached to an aromatic ring is 1. The normalized spacial score (nSPS) is 20.8. The number of esters is 2. The number of morpholine rings is 3. The van der Waals surface area contributed by atoms with Crippen molar-refractivity contribution in [3.8, 4) is 11.4 Å². The number of likely N-dealkylation sites (tertiary alicyclic amines) is 3. The van der Waals surface area contributed by atoms with E-state index >= 15 is 0 Å². The van der Waals surface area contributed by atoms with Gasteiger partial charge < -0.3 is 79.7 Å². The molecule has 6 amide bonds. The SMILES string of the molecule is CC(C)(C)OC(=O)[C@H](O)[C@H]1OCCN(c2ccc(C(=O)N3CCC(F)(F)CC3)cc2)C1=O.CC(C)(C)OC(=O)[C@H](O)[C@H]1OCCNC1=O.Nc1ccc(-c2noc(=O)[nH]2)cc1.O=C(O)[C@H](O)[C@H]1OCCN(c2ccc(C(=O)N3CCC(F)(F)CC3)cc2)C1=O.O=C(c1ccc(I)cc1)N1CCC(F)(F)CC1. The molecule has 7 heterocycles. The van der Waals surface area contributed by atoms with Gasteiger partial charge in [-0.2, -0.15) is 0 Å². The average molecular weight is 1610 g/mol. The number of hydrogen-bond donors (Lipinski definition) is 7. The van der Waals surface area contributed by atoms with Crippen LogP contribution in [-0.2, 0) is 52.5 Å². The van der Waals surface area contributed by atoms with Crippen LogP contribution in [0.5, 0.6) is 0 Å². The number of aromatic amines is 1. The number of nitrogens with zero attached hydrogens (tertiary/aromatic N) is 6. The van der Waals surface area contributed by atoms with Crippen molar-refractivity contribution in [2.24, 2.45) is 0 Å². The second-order valence-electron chi connectivity index (χ2n) is 27.0. The fraction of sp³-hybridized carbons (Fsp3) is 0.500. The number of rotatable bonds is 12. The number of aliphatic hydroxyl groups is 3. The van der Waals surface area contributed by atoms with Crippen LogP contribution in [-0.4, -0.2) is 243 Å². The number of carboxylic acid groups (broad SMARTS) is 1. The zero-order valence-electron chi connectivity index (χ0n) is 58.7. The van der Waals surface area contributed by atoms with E-state index in [4.69, 9.17) is 34.5 Å². The van der Waals surface area contributed by atoms with E-state index in [1.54, 1.807) is 90.1 Å². The van der Waals surface area contributed by atoms with Gasteiger partial charge in [0, 0.05) is 140 Å². The summed E-state index contributed by atoms with van der Waals surface area (Å²) in [6.07, 6.45) is -11.4. The summed E-state index contributed by atoms with van der Waals surface area (Å²) in [5, 5.41) is 44.4. The Kier molecular flexibility index (Phi) is 29.0. The van der Waals surface area contributed by atoms with E-state index in [0.717, 1.165) is 9.13 Å². The number of carbonyl (C=O) groups is 9. The van der Waals surface area contributed by atoms with E-state index in [1.807, 2.05) is 12.1 Å². The first-order valence-electron chi connectivity index (χ1n) is 33.5. The lowest BCUT2D eigenvalue weighted by atomic mass is 10.0. The molecule has 11 rings (SSSR count). The maximum atomic E-state index is 13.3. The Balaban J connectivity index is 0.000000192. The summed E-state index contributed by atoms with van der Waals surface area (Å²) >= 11 is 2.15. The molecule has 0 aliphatic carbocycles. The summed E-state index contributed by atoms with van der Waals surface area (Å²) in [5.41, 5.74) is 7.45. The number of nitrogens with two attached hydrogens (primary N) is 1. The number of hydrogen-bond acceptors (Lipinski definition) is 21. The van der Waals surface area contributed by atoms with Gasteiger partial charge in [-0.1, -0.05) is 5.16 Å². The number of piperidine rings is 3. The van der Waals surface area contributed by atoms with Crippen molar-refractivity contribution in [2.45, 2.75) is 146 Å². The summed E-state index contributed by atoms with van der Waals surface area (Å²) in [7, 11) is 0. The highest BCUT2D eigenvalue weighted by atomic mass is 127. The molecule has 4 aromatic carbocycles. The zero-order chi connectivity index (χ0) is 78.2. The highest BCUT2D eigenvalue weighted by Crippen LogP contribution is 2.33. The van der Waals surface area contributed by atoms with Crippen molar-refractivity contribution in [2.75, 3.05) is 94.3 Å². The summed E-state index contributed by atoms with van der Waals surface area (Å²) in [5.74, 6) is -14.3. The van der Waals surface area contributed by atoms with E-state index in [2.05, 4.69) is 42.6 Å². The van der Waals surface area contributed by atoms with Crippen LogP contribution in [0.2, 0.25) is 0 Å². The molecule has 5 aromatic rings. The molecule has 6 fully saturated rings. The smallest absolute Gasteiger partial charge is 0.439 e. The second-order valence-corrected chi connectivity index (χ2v) is 28.2. The molecule has 6 aliphatic rings. The molecule has 29 nitrogen and oxygen atoms in total. The molecule has 0 unspecified atom stereocenters. The Morgan fingerprint density at radius 1 is 0.528 bits per heavy atom. The molecule has 6 aliphatic heterocycles. The number of nitrogens with one attached hydrogen (secondary N) is 2. The van der Waals surface area contributed by atoms with Crippen LogP contribution in [0, 0.1) is 3.57 Å². The van der Waals surface area contributed by atoms with E-state index in [9.17, 15) is 89.6 Å². The number of amides is 6. The van der Waals surface area contributed by atoms with Gasteiger partial charge in [0.25, 0.3) is 53.2 Å². The number of anilines is 3. The predicted molar refractivity (Wildman–Crippen MR) is 374 cm³/mol. The minimum absolute atomic E-state index is 0.0141. The molecular formula is C70H84F6IN9O20. The molecule has 0 saturated carbocycles. The van der Waals surface area contributed by atoms with Crippen LogP contribution in [0.15, 0.2) is 106 Å². The third kappa shape index (κ3) is 24.5. The van der Waals surface area contributed by atoms with Gasteiger partial charge in [-0.05, 0) is 161 Å². The standard InChI is InChI=1S/C22H28F2N2O6.C18H20F2N2O6.C12H12F2INO.C10H17NO5.C8H7N3O2/c1-21(2,3)32-20(30)16(27)17-19(29)26(12-13-31-17)15-6-4-14(5-7-15)18(28)25-10-8-22(23,24)9-11-25;19-18(20)5-7-21(8-6-18)15(24)11-1-3-12(4-2-11)22-9-10-28-14(16(22)25)13(23)17(26)27;13-12(14)5-7-16(8-6-12)11(17)9-1-3-10(15)4-2-9;1-10(2,3)16-9(14)6(12)7-8(13)11-4-5-15-7;9-6-3-1-5(2-4-6)7-10-8(12)13-11-7/h4-7,16-17,27H,8-13H2,1-3H3;1-4,13-14,23H,5-10H2,(H,26,27);1-4H,5-8H2;6-7,12H,4-5H2,1-3H3,(H,11,13);1-4H,9H2,(H,10,11,12)/t16-,17-;13-,14-;;6-,7-;/m11.1./s1. The molecule has 0 spiro atoms. The number of aliphatic hydroxyl groups excluding tert-OH is 3. The van der Waals surface area contributed by atoms with Crippen LogP contribution < -0.4 is 26.6 Å². The van der Waals surface area contributed by atoms with E-state index in [0.29, 0.717) is 46.1 Å². The van der Waals surface area contributed by atoms with Crippen molar-refractivity contribution >= 4 is 93.0 Å². The van der Waals surface area contributed by atoms with Crippen molar-refractivity contribution in [1.29, 1.82) is 0 Å². The third-order valence-electron chi connectivity index (χ3n) is 16.5. The Morgan fingerprint density at radius 3 is 1.22 bits per heavy atom. The van der Waals surface area contributed by atoms with Crippen LogP contribution in [0.25, 0.3) is 11.4 Å². The number of carbonyl (C=O) groups excluding carboxylic acids is 8. The van der Waals surface area contributed by atoms with Gasteiger partial charge in [0.15, 0.2) is 42.4 Å². The van der Waals surface area contributed by atoms with Crippen LogP contribution in [0.3, 0.4) is 0 Å². The number of ether oxygens (including phenoxy) is 5. The number of benzene rings is 4. The zero-order valence-corrected chi connectivity index (χ0v) is 60.8. The van der Waals surface area contributed by atoms with Crippen molar-refractivity contribution in [1.82, 2.24) is 30.2 Å². The number of aromatic nitrogens is 2. The fourth-order valence-corrected chi connectivity index (χ4v) is 11.2. The minimum atomic E-state index is -2.74. The van der Waals surface area contributed by atoms with Gasteiger partial charge in [-0.25, -0.2) is 45.5 Å². The number of carboxylic acids is 1. The second kappa shape index (κ2) is 36.5. The van der Waals surface area contributed by atoms with Crippen molar-refractivity contribution in [3.63, 3.8) is 0 Å². The van der Waals surface area contributed by atoms with Gasteiger partial charge >= 0.3 is 23.7 Å². The molecule has 6 saturated heterocycles. The maximum absolute atomic E-state index is 13.3. The Labute approximate surface area is 617 Å². The summed E-state index contributed by atoms with van der Waals surface area (Å²) < 4.78 is 110. The Bertz CT molecular complexity index is 3910. The largest absolute Gasteiger partial charge is 0.479 e. The number of halogens is 7. The molecule has 8 N–H and O–H groups in total. The summed E-state index contributed by atoms with van der Waals surface area (Å²) in [6.45, 7) is 11.3. The van der Waals surface area contributed by atoms with Gasteiger partial charge in [0.05, 0.1) is 19.8 Å². The average Bonchev–Trinajstić information content (AvgIpc) is 1.58. The number of H-pyrrole nitrogens is 1. The lowest BCUT2D eigenvalue weighted by Gasteiger charge is -2.34. The van der Waals surface area contributed by atoms with E-state index in [1.165, 1.54) is 60.9 Å². The van der Waals surface area contributed by atoms with Gasteiger partial charge in [-0.3, -0.25) is 38.3 Å². The lowest BCUT2D eigenvalue weighted by Crippen LogP contribution is -2.55. The summed E-state index contributed by atoms with van der Waals surface area (Å²) in [6, 6.07) is 26.3. The monoisotopic (exact) mass is 1610 g/mol. The molecule has 0 bridgehead atoms. The van der Waals surface area contributed by atoms with Crippen LogP contribution in [0.1, 0.15) is 111 Å². The first kappa shape index (κ1) is 84.2. The molecule has 36 heteroatoms. The topological polar surface area (TPSA) is 394 Å². The van der Waals surface area contributed by atoms with Gasteiger partial charge in [0.2, 0.25) is 0 Å². The molecule has 6 atom stereocenters. The number of alkyl halides is 6. The Hall–Kier alpha value is -9.08. The quantitative estimate of drug-likeness (QED) is 0.0340. The summed E-state index contributed by atoms with van der Waals surface area (Å²) in [4.78, 5) is 128. The number of aliphatic carboxylic acids is 1. The van der Waals surface area contributed by atoms with Crippen molar-refractivity contribution in [3.05, 3.63) is 128 Å². The molecular weight excluding hydrogens is 1530 g/mol. The van der Waals surface area contributed by atoms with Crippen molar-refractivity contribution < 1.29 is 118 Å². The Morgan fingerprint density at radius 2 is 0.877 bits per heavy atom. The van der Waals surface area contributed by atoms with E-state index in [-0.39, 0.29) is 128 Å². The molecule has 106 heavy (non-hydrogen) atoms. The first-order valence-corrected chi connectivity index (χ1v) is 34.6. The van der Waals surface area contributed by atoms with Crippen LogP contribution >= 0.6 is 22.6 Å². The van der Waals surface area contributed by atoms with E-state index < -0.39 is 107 Å².